The predicted octanol–water partition coefficient (Wildman–Crippen LogP) is 3.49. The smallest absolute Gasteiger partial charge is 0.201 e. The van der Waals surface area contributed by atoms with Gasteiger partial charge in [-0.3, -0.25) is 0 Å². The maximum Gasteiger partial charge on any atom is 0.201 e. The van der Waals surface area contributed by atoms with E-state index >= 15 is 0 Å². The van der Waals surface area contributed by atoms with E-state index in [9.17, 15) is 4.39 Å². The molecular weight excluding hydrogens is 285 g/mol. The van der Waals surface area contributed by atoms with Crippen molar-refractivity contribution in [3.05, 3.63) is 22.4 Å². The zero-order valence-electron chi connectivity index (χ0n) is 9.45. The molecule has 1 aliphatic rings. The molecule has 0 spiro atoms. The summed E-state index contributed by atoms with van der Waals surface area (Å²) in [5.41, 5.74) is 7.47. The minimum Gasteiger partial charge on any atom is -0.369 e. The van der Waals surface area contributed by atoms with Gasteiger partial charge in [-0.15, -0.1) is 0 Å². The van der Waals surface area contributed by atoms with Gasteiger partial charge in [-0.05, 0) is 34.3 Å². The van der Waals surface area contributed by atoms with Crippen LogP contribution in [0.2, 0.25) is 0 Å². The minimum absolute atomic E-state index is 0.301. The van der Waals surface area contributed by atoms with Gasteiger partial charge in [0.25, 0.3) is 0 Å². The summed E-state index contributed by atoms with van der Waals surface area (Å²) in [6.45, 7) is 2.18. The van der Waals surface area contributed by atoms with E-state index in [-0.39, 0.29) is 5.82 Å². The van der Waals surface area contributed by atoms with E-state index < -0.39 is 0 Å². The van der Waals surface area contributed by atoms with Crippen molar-refractivity contribution in [2.75, 3.05) is 5.73 Å². The monoisotopic (exact) mass is 297 g/mol. The van der Waals surface area contributed by atoms with Crippen molar-refractivity contribution in [3.8, 4) is 0 Å². The molecule has 2 unspecified atom stereocenters. The molecule has 5 heteroatoms. The Morgan fingerprint density at radius 1 is 1.59 bits per heavy atom. The summed E-state index contributed by atoms with van der Waals surface area (Å²) in [6.07, 6.45) is 2.29. The number of hydrogen-bond donors (Lipinski definition) is 1. The van der Waals surface area contributed by atoms with E-state index in [1.807, 2.05) is 4.57 Å². The number of nitrogens with two attached hydrogens (primary N) is 1. The number of fused-ring (bicyclic) bond motifs is 1. The lowest BCUT2D eigenvalue weighted by molar-refractivity contribution is 0.622. The lowest BCUT2D eigenvalue weighted by atomic mass is 10.3. The van der Waals surface area contributed by atoms with Crippen LogP contribution in [0.5, 0.6) is 0 Å². The first-order valence-electron chi connectivity index (χ1n) is 5.74. The molecule has 0 radical (unpaired) electrons. The highest BCUT2D eigenvalue weighted by atomic mass is 79.9. The number of imidazole rings is 1. The Morgan fingerprint density at radius 2 is 2.35 bits per heavy atom. The number of nitrogen functional groups attached to an aromatic ring is 1. The Bertz CT molecular complexity index is 593. The van der Waals surface area contributed by atoms with Gasteiger partial charge in [-0.2, -0.15) is 0 Å². The number of aromatic nitrogens is 2. The van der Waals surface area contributed by atoms with E-state index in [0.717, 1.165) is 18.4 Å². The molecule has 0 amide bonds. The summed E-state index contributed by atoms with van der Waals surface area (Å²) in [5, 5.41) is 0. The Morgan fingerprint density at radius 3 is 3.00 bits per heavy atom. The summed E-state index contributed by atoms with van der Waals surface area (Å²) in [6, 6.07) is 3.62. The summed E-state index contributed by atoms with van der Waals surface area (Å²) < 4.78 is 15.9. The Labute approximate surface area is 107 Å². The maximum atomic E-state index is 13.4. The normalized spacial score (nSPS) is 23.2. The zero-order chi connectivity index (χ0) is 12.2. The summed E-state index contributed by atoms with van der Waals surface area (Å²) in [5.74, 6) is 0.863. The Hall–Kier alpha value is -1.10. The highest BCUT2D eigenvalue weighted by Gasteiger charge is 2.39. The van der Waals surface area contributed by atoms with Crippen LogP contribution in [0.25, 0.3) is 11.0 Å². The van der Waals surface area contributed by atoms with Gasteiger partial charge >= 0.3 is 0 Å². The quantitative estimate of drug-likeness (QED) is 0.922. The second-order valence-electron chi connectivity index (χ2n) is 4.57. The van der Waals surface area contributed by atoms with E-state index in [2.05, 4.69) is 27.8 Å². The summed E-state index contributed by atoms with van der Waals surface area (Å²) in [7, 11) is 0. The molecule has 90 valence electrons. The molecule has 2 atom stereocenters. The van der Waals surface area contributed by atoms with E-state index in [4.69, 9.17) is 5.73 Å². The first kappa shape index (κ1) is 11.0. The number of rotatable bonds is 2. The average Bonchev–Trinajstić information content (AvgIpc) is 2.98. The number of halogens is 2. The van der Waals surface area contributed by atoms with Crippen molar-refractivity contribution in [2.45, 2.75) is 25.8 Å². The lowest BCUT2D eigenvalue weighted by Gasteiger charge is -2.05. The summed E-state index contributed by atoms with van der Waals surface area (Å²) >= 11 is 3.20. The van der Waals surface area contributed by atoms with Crippen LogP contribution in [-0.2, 0) is 0 Å². The highest BCUT2D eigenvalue weighted by Crippen LogP contribution is 2.48. The number of anilines is 1. The molecular formula is C12H13BrFN3. The number of nitrogens with zero attached hydrogens (tertiary/aromatic N) is 2. The number of benzene rings is 1. The third-order valence-corrected chi connectivity index (χ3v) is 4.11. The van der Waals surface area contributed by atoms with E-state index in [1.54, 1.807) is 6.07 Å². The second-order valence-corrected chi connectivity index (χ2v) is 5.42. The van der Waals surface area contributed by atoms with Gasteiger partial charge in [0.1, 0.15) is 5.82 Å². The fourth-order valence-electron chi connectivity index (χ4n) is 2.44. The molecule has 1 heterocycles. The summed E-state index contributed by atoms with van der Waals surface area (Å²) in [4.78, 5) is 4.22. The van der Waals surface area contributed by atoms with Crippen molar-refractivity contribution < 1.29 is 4.39 Å². The molecule has 1 aromatic carbocycles. The van der Waals surface area contributed by atoms with Gasteiger partial charge < -0.3 is 10.3 Å². The van der Waals surface area contributed by atoms with Crippen molar-refractivity contribution >= 4 is 32.9 Å². The van der Waals surface area contributed by atoms with E-state index in [1.165, 1.54) is 6.07 Å². The molecule has 1 aromatic heterocycles. The fraction of sp³-hybridized carbons (Fsp3) is 0.417. The van der Waals surface area contributed by atoms with Crippen LogP contribution >= 0.6 is 15.9 Å². The van der Waals surface area contributed by atoms with Crippen molar-refractivity contribution in [3.63, 3.8) is 0 Å². The third-order valence-electron chi connectivity index (χ3n) is 3.50. The maximum absolute atomic E-state index is 13.4. The van der Waals surface area contributed by atoms with Crippen molar-refractivity contribution in [1.82, 2.24) is 9.55 Å². The fourth-order valence-corrected chi connectivity index (χ4v) is 2.78. The van der Waals surface area contributed by atoms with Crippen LogP contribution in [-0.4, -0.2) is 9.55 Å². The second kappa shape index (κ2) is 3.70. The van der Waals surface area contributed by atoms with Crippen LogP contribution in [0.3, 0.4) is 0 Å². The Balaban J connectivity index is 2.17. The molecule has 2 aromatic rings. The van der Waals surface area contributed by atoms with Crippen LogP contribution in [0, 0.1) is 11.7 Å². The molecule has 1 aliphatic carbocycles. The SMILES string of the molecule is CCC1CC1n1c(N)nc2cc(F)c(Br)cc21. The van der Waals surface area contributed by atoms with Crippen molar-refractivity contribution in [2.24, 2.45) is 5.92 Å². The van der Waals surface area contributed by atoms with Crippen LogP contribution in [0.15, 0.2) is 16.6 Å². The Kier molecular flexibility index (Phi) is 2.40. The van der Waals surface area contributed by atoms with E-state index in [0.29, 0.717) is 27.9 Å². The molecule has 17 heavy (non-hydrogen) atoms. The highest BCUT2D eigenvalue weighted by molar-refractivity contribution is 9.10. The van der Waals surface area contributed by atoms with Gasteiger partial charge in [0.2, 0.25) is 5.95 Å². The molecule has 3 nitrogen and oxygen atoms in total. The standard InChI is InChI=1S/C12H13BrFN3/c1-2-6-3-10(6)17-11-4-7(13)8(14)5-9(11)16-12(17)15/h4-6,10H,2-3H2,1H3,(H2,15,16). The average molecular weight is 298 g/mol. The molecule has 1 fully saturated rings. The number of hydrogen-bond acceptors (Lipinski definition) is 2. The third kappa shape index (κ3) is 1.64. The largest absolute Gasteiger partial charge is 0.369 e. The lowest BCUT2D eigenvalue weighted by Crippen LogP contribution is -2.02. The van der Waals surface area contributed by atoms with Gasteiger partial charge in [-0.25, -0.2) is 9.37 Å². The van der Waals surface area contributed by atoms with Crippen LogP contribution in [0.4, 0.5) is 10.3 Å². The van der Waals surface area contributed by atoms with Gasteiger partial charge in [0.05, 0.1) is 15.5 Å². The zero-order valence-corrected chi connectivity index (χ0v) is 11.0. The van der Waals surface area contributed by atoms with Gasteiger partial charge in [0, 0.05) is 12.1 Å². The topological polar surface area (TPSA) is 43.8 Å². The molecule has 0 saturated heterocycles. The molecule has 2 N–H and O–H groups in total. The molecule has 3 rings (SSSR count). The first-order valence-corrected chi connectivity index (χ1v) is 6.53. The molecule has 1 saturated carbocycles. The van der Waals surface area contributed by atoms with Crippen LogP contribution < -0.4 is 5.73 Å². The molecule has 0 aliphatic heterocycles. The van der Waals surface area contributed by atoms with Crippen LogP contribution in [0.1, 0.15) is 25.8 Å². The first-order chi connectivity index (χ1) is 8.11. The van der Waals surface area contributed by atoms with Gasteiger partial charge in [0.15, 0.2) is 0 Å². The van der Waals surface area contributed by atoms with Gasteiger partial charge in [-0.1, -0.05) is 13.3 Å². The minimum atomic E-state index is -0.301. The predicted molar refractivity (Wildman–Crippen MR) is 69.2 cm³/mol. The molecule has 0 bridgehead atoms. The van der Waals surface area contributed by atoms with Crippen molar-refractivity contribution in [1.29, 1.82) is 0 Å².